The van der Waals surface area contributed by atoms with Crippen LogP contribution in [-0.2, 0) is 0 Å². The molecule has 0 fully saturated rings. The lowest BCUT2D eigenvalue weighted by atomic mass is 10.2. The molecule has 2 heterocycles. The normalized spacial score (nSPS) is 11.0. The molecule has 0 aliphatic heterocycles. The van der Waals surface area contributed by atoms with Crippen molar-refractivity contribution < 1.29 is 9.21 Å². The van der Waals surface area contributed by atoms with Gasteiger partial charge in [-0.05, 0) is 46.3 Å². The molecule has 2 nitrogen and oxygen atoms in total. The van der Waals surface area contributed by atoms with E-state index in [-0.39, 0.29) is 5.78 Å². The number of thiophene rings is 1. The van der Waals surface area contributed by atoms with Crippen molar-refractivity contribution in [3.05, 3.63) is 55.8 Å². The molecule has 0 saturated carbocycles. The summed E-state index contributed by atoms with van der Waals surface area (Å²) in [5.74, 6) is 0.186. The molecule has 18 heavy (non-hydrogen) atoms. The van der Waals surface area contributed by atoms with E-state index in [0.29, 0.717) is 21.2 Å². The quantitative estimate of drug-likeness (QED) is 0.604. The first-order valence-corrected chi connectivity index (χ1v) is 7.12. The molecule has 2 aromatic heterocycles. The Morgan fingerprint density at radius 3 is 2.78 bits per heavy atom. The van der Waals surface area contributed by atoms with Crippen molar-refractivity contribution in [2.24, 2.45) is 0 Å². The fourth-order valence-electron chi connectivity index (χ4n) is 1.69. The van der Waals surface area contributed by atoms with Crippen molar-refractivity contribution >= 4 is 55.6 Å². The fourth-order valence-corrected chi connectivity index (χ4v) is 3.25. The first-order chi connectivity index (χ1) is 8.65. The Hall–Kier alpha value is -1.10. The van der Waals surface area contributed by atoms with Crippen molar-refractivity contribution in [1.82, 2.24) is 0 Å². The molecule has 0 N–H and O–H groups in total. The van der Waals surface area contributed by atoms with E-state index in [4.69, 9.17) is 16.0 Å². The van der Waals surface area contributed by atoms with Crippen LogP contribution in [0.2, 0.25) is 5.02 Å². The second kappa shape index (κ2) is 4.53. The lowest BCUT2D eigenvalue weighted by molar-refractivity contribution is 0.101. The van der Waals surface area contributed by atoms with Gasteiger partial charge >= 0.3 is 0 Å². The highest BCUT2D eigenvalue weighted by molar-refractivity contribution is 9.11. The molecule has 0 aliphatic carbocycles. The molecule has 3 rings (SSSR count). The fraction of sp³-hybridized carbons (Fsp3) is 0. The van der Waals surface area contributed by atoms with Crippen LogP contribution in [0.15, 0.2) is 44.6 Å². The van der Waals surface area contributed by atoms with Crippen LogP contribution in [0, 0.1) is 0 Å². The van der Waals surface area contributed by atoms with Gasteiger partial charge in [-0.1, -0.05) is 17.7 Å². The number of benzene rings is 1. The molecule has 90 valence electrons. The van der Waals surface area contributed by atoms with E-state index in [9.17, 15) is 4.79 Å². The molecule has 0 unspecified atom stereocenters. The van der Waals surface area contributed by atoms with E-state index in [1.165, 1.54) is 11.3 Å². The number of fused-ring (bicyclic) bond motifs is 1. The Morgan fingerprint density at radius 1 is 1.28 bits per heavy atom. The Balaban J connectivity index is 2.10. The zero-order chi connectivity index (χ0) is 12.7. The average molecular weight is 342 g/mol. The zero-order valence-corrected chi connectivity index (χ0v) is 12.1. The van der Waals surface area contributed by atoms with Gasteiger partial charge in [-0.3, -0.25) is 4.79 Å². The van der Waals surface area contributed by atoms with E-state index in [2.05, 4.69) is 15.9 Å². The van der Waals surface area contributed by atoms with Crippen LogP contribution in [-0.4, -0.2) is 5.78 Å². The smallest absolute Gasteiger partial charge is 0.238 e. The first kappa shape index (κ1) is 12.0. The van der Waals surface area contributed by atoms with Gasteiger partial charge in [0.05, 0.1) is 13.7 Å². The van der Waals surface area contributed by atoms with Gasteiger partial charge in [0.15, 0.2) is 5.76 Å². The van der Waals surface area contributed by atoms with E-state index < -0.39 is 0 Å². The molecule has 0 atom stereocenters. The second-order valence-corrected chi connectivity index (χ2v) is 6.57. The van der Waals surface area contributed by atoms with Crippen LogP contribution < -0.4 is 0 Å². The van der Waals surface area contributed by atoms with Gasteiger partial charge in [-0.2, -0.15) is 0 Å². The highest BCUT2D eigenvalue weighted by Gasteiger charge is 2.17. The maximum absolute atomic E-state index is 12.2. The number of carbonyl (C=O) groups excluding carboxylic acids is 1. The Kier molecular flexibility index (Phi) is 3.01. The summed E-state index contributed by atoms with van der Waals surface area (Å²) in [7, 11) is 0. The lowest BCUT2D eigenvalue weighted by Crippen LogP contribution is -1.95. The maximum atomic E-state index is 12.2. The minimum atomic E-state index is -0.127. The van der Waals surface area contributed by atoms with Crippen LogP contribution in [0.3, 0.4) is 0 Å². The third-order valence-electron chi connectivity index (χ3n) is 2.53. The first-order valence-electron chi connectivity index (χ1n) is 5.13. The number of carbonyl (C=O) groups is 1. The van der Waals surface area contributed by atoms with Gasteiger partial charge < -0.3 is 4.42 Å². The number of hydrogen-bond donors (Lipinski definition) is 0. The summed E-state index contributed by atoms with van der Waals surface area (Å²) in [5, 5.41) is 1.35. The highest BCUT2D eigenvalue weighted by atomic mass is 79.9. The summed E-state index contributed by atoms with van der Waals surface area (Å²) < 4.78 is 6.45. The molecular weight excluding hydrogens is 336 g/mol. The van der Waals surface area contributed by atoms with Gasteiger partial charge in [0, 0.05) is 5.39 Å². The monoisotopic (exact) mass is 340 g/mol. The molecule has 0 bridgehead atoms. The summed E-state index contributed by atoms with van der Waals surface area (Å²) in [5.41, 5.74) is 0.626. The van der Waals surface area contributed by atoms with Crippen LogP contribution in [0.25, 0.3) is 11.0 Å². The lowest BCUT2D eigenvalue weighted by Gasteiger charge is -1.90. The average Bonchev–Trinajstić information content (AvgIpc) is 2.95. The van der Waals surface area contributed by atoms with E-state index in [1.807, 2.05) is 6.07 Å². The van der Waals surface area contributed by atoms with Gasteiger partial charge in [0.2, 0.25) is 5.78 Å². The molecule has 0 saturated heterocycles. The minimum Gasteiger partial charge on any atom is -0.452 e. The Labute approximate surface area is 120 Å². The van der Waals surface area contributed by atoms with Crippen LogP contribution in [0.1, 0.15) is 15.4 Å². The van der Waals surface area contributed by atoms with E-state index >= 15 is 0 Å². The van der Waals surface area contributed by atoms with Crippen LogP contribution in [0.4, 0.5) is 0 Å². The van der Waals surface area contributed by atoms with Crippen LogP contribution >= 0.6 is 38.9 Å². The predicted molar refractivity (Wildman–Crippen MR) is 76.7 cm³/mol. The minimum absolute atomic E-state index is 0.127. The summed E-state index contributed by atoms with van der Waals surface area (Å²) in [4.78, 5) is 12.8. The number of rotatable bonds is 2. The molecule has 0 amide bonds. The zero-order valence-electron chi connectivity index (χ0n) is 8.94. The maximum Gasteiger partial charge on any atom is 0.238 e. The second-order valence-electron chi connectivity index (χ2n) is 3.70. The van der Waals surface area contributed by atoms with Gasteiger partial charge in [0.25, 0.3) is 0 Å². The summed E-state index contributed by atoms with van der Waals surface area (Å²) in [6.07, 6.45) is 0. The van der Waals surface area contributed by atoms with E-state index in [1.54, 1.807) is 30.3 Å². The summed E-state index contributed by atoms with van der Waals surface area (Å²) >= 11 is 10.8. The third kappa shape index (κ3) is 2.00. The topological polar surface area (TPSA) is 30.2 Å². The van der Waals surface area contributed by atoms with Crippen LogP contribution in [0.5, 0.6) is 0 Å². The van der Waals surface area contributed by atoms with Crippen molar-refractivity contribution in [3.63, 3.8) is 0 Å². The van der Waals surface area contributed by atoms with E-state index in [0.717, 1.165) is 9.17 Å². The Morgan fingerprint density at radius 2 is 2.11 bits per heavy atom. The standard InChI is InChI=1S/C13H6BrClO2S/c14-12-5-4-11(18-12)13(16)10-6-7-8(15)2-1-3-9(7)17-10/h1-6H. The largest absolute Gasteiger partial charge is 0.452 e. The predicted octanol–water partition coefficient (Wildman–Crippen LogP) is 5.14. The van der Waals surface area contributed by atoms with Crippen molar-refractivity contribution in [2.75, 3.05) is 0 Å². The molecule has 1 aromatic carbocycles. The van der Waals surface area contributed by atoms with Crippen molar-refractivity contribution in [3.8, 4) is 0 Å². The van der Waals surface area contributed by atoms with Crippen molar-refractivity contribution in [2.45, 2.75) is 0 Å². The number of ketones is 1. The SMILES string of the molecule is O=C(c1cc2c(Cl)cccc2o1)c1ccc(Br)s1. The molecule has 0 aliphatic rings. The van der Waals surface area contributed by atoms with Crippen molar-refractivity contribution in [1.29, 1.82) is 0 Å². The summed E-state index contributed by atoms with van der Waals surface area (Å²) in [6, 6.07) is 10.7. The third-order valence-corrected chi connectivity index (χ3v) is 4.48. The molecule has 0 spiro atoms. The molecule has 3 aromatic rings. The highest BCUT2D eigenvalue weighted by Crippen LogP contribution is 2.30. The molecular formula is C13H6BrClO2S. The van der Waals surface area contributed by atoms with Gasteiger partial charge in [0.1, 0.15) is 5.58 Å². The summed E-state index contributed by atoms with van der Waals surface area (Å²) in [6.45, 7) is 0. The Bertz CT molecular complexity index is 744. The number of hydrogen-bond acceptors (Lipinski definition) is 3. The number of halogens is 2. The van der Waals surface area contributed by atoms with Gasteiger partial charge in [-0.25, -0.2) is 0 Å². The molecule has 0 radical (unpaired) electrons. The molecule has 5 heteroatoms. The van der Waals surface area contributed by atoms with Gasteiger partial charge in [-0.15, -0.1) is 11.3 Å². The number of furan rings is 1.